The first-order valence-electron chi connectivity index (χ1n) is 7.50. The average molecular weight is 352 g/mol. The molecule has 0 bridgehead atoms. The number of carbonyl (C=O) groups is 2. The van der Waals surface area contributed by atoms with Crippen LogP contribution >= 0.6 is 7.60 Å². The summed E-state index contributed by atoms with van der Waals surface area (Å²) >= 11 is 0. The third-order valence-corrected chi connectivity index (χ3v) is 4.18. The Morgan fingerprint density at radius 2 is 1.52 bits per heavy atom. The van der Waals surface area contributed by atoms with Crippen LogP contribution in [-0.4, -0.2) is 42.0 Å². The largest absolute Gasteiger partial charge is 0.459 e. The van der Waals surface area contributed by atoms with Gasteiger partial charge in [-0.2, -0.15) is 0 Å². The summed E-state index contributed by atoms with van der Waals surface area (Å²) < 4.78 is 27.9. The van der Waals surface area contributed by atoms with Crippen molar-refractivity contribution in [2.45, 2.75) is 72.3 Å². The molecule has 0 rings (SSSR count). The second-order valence-corrected chi connectivity index (χ2v) is 8.45. The maximum atomic E-state index is 12.5. The molecule has 8 nitrogen and oxygen atoms in total. The van der Waals surface area contributed by atoms with Crippen molar-refractivity contribution in [2.24, 2.45) is 5.73 Å². The van der Waals surface area contributed by atoms with Crippen molar-refractivity contribution in [3.63, 3.8) is 0 Å². The zero-order valence-electron chi connectivity index (χ0n) is 14.9. The molecular formula is C14H29N2O6P. The molecule has 23 heavy (non-hydrogen) atoms. The van der Waals surface area contributed by atoms with Gasteiger partial charge in [-0.05, 0) is 48.5 Å². The third-order valence-electron chi connectivity index (χ3n) is 2.13. The Kier molecular flexibility index (Phi) is 8.41. The van der Waals surface area contributed by atoms with Gasteiger partial charge in [-0.1, -0.05) is 0 Å². The Labute approximate surface area is 137 Å². The highest BCUT2D eigenvalue weighted by molar-refractivity contribution is 7.71. The number of rotatable bonds is 8. The lowest BCUT2D eigenvalue weighted by atomic mass is 10.2. The average Bonchev–Trinajstić information content (AvgIpc) is 2.30. The summed E-state index contributed by atoms with van der Waals surface area (Å²) in [5.74, 6) is -0.665. The molecule has 0 saturated carbocycles. The Balaban J connectivity index is 4.76. The van der Waals surface area contributed by atoms with Gasteiger partial charge in [-0.3, -0.25) is 18.6 Å². The third kappa shape index (κ3) is 9.05. The van der Waals surface area contributed by atoms with E-state index in [1.165, 1.54) is 0 Å². The van der Waals surface area contributed by atoms with E-state index in [2.05, 4.69) is 5.32 Å². The molecule has 1 unspecified atom stereocenters. The summed E-state index contributed by atoms with van der Waals surface area (Å²) in [6.45, 7) is 11.4. The maximum absolute atomic E-state index is 12.5. The number of nitrogens with two attached hydrogens (primary N) is 1. The van der Waals surface area contributed by atoms with Gasteiger partial charge < -0.3 is 15.8 Å². The molecule has 9 heteroatoms. The lowest BCUT2D eigenvalue weighted by Gasteiger charge is -2.24. The molecule has 0 aromatic carbocycles. The quantitative estimate of drug-likeness (QED) is 0.509. The number of esters is 1. The van der Waals surface area contributed by atoms with Crippen LogP contribution in [0.2, 0.25) is 0 Å². The second kappa shape index (κ2) is 8.78. The van der Waals surface area contributed by atoms with E-state index < -0.39 is 43.1 Å². The number of amides is 1. The van der Waals surface area contributed by atoms with Crippen LogP contribution < -0.4 is 11.1 Å². The normalized spacial score (nSPS) is 14.0. The molecule has 0 aliphatic carbocycles. The monoisotopic (exact) mass is 352 g/mol. The van der Waals surface area contributed by atoms with Gasteiger partial charge in [0, 0.05) is 6.54 Å². The first kappa shape index (κ1) is 22.1. The van der Waals surface area contributed by atoms with Crippen molar-refractivity contribution >= 4 is 19.2 Å². The van der Waals surface area contributed by atoms with Gasteiger partial charge in [0.1, 0.15) is 11.6 Å². The van der Waals surface area contributed by atoms with Gasteiger partial charge >= 0.3 is 19.2 Å². The zero-order chi connectivity index (χ0) is 18.4. The van der Waals surface area contributed by atoms with Crippen LogP contribution in [-0.2, 0) is 23.1 Å². The van der Waals surface area contributed by atoms with Crippen molar-refractivity contribution in [1.82, 2.24) is 5.32 Å². The van der Waals surface area contributed by atoms with E-state index in [-0.39, 0.29) is 6.54 Å². The van der Waals surface area contributed by atoms with Crippen LogP contribution in [0.1, 0.15) is 48.5 Å². The minimum Gasteiger partial charge on any atom is -0.459 e. The van der Waals surface area contributed by atoms with Gasteiger partial charge in [0.25, 0.3) is 0 Å². The van der Waals surface area contributed by atoms with E-state index in [1.54, 1.807) is 48.5 Å². The number of nitrogens with one attached hydrogen (secondary N) is 1. The van der Waals surface area contributed by atoms with E-state index in [4.69, 9.17) is 19.5 Å². The Morgan fingerprint density at radius 3 is 1.87 bits per heavy atom. The summed E-state index contributed by atoms with van der Waals surface area (Å²) in [7, 11) is -4.01. The van der Waals surface area contributed by atoms with Crippen LogP contribution in [0.5, 0.6) is 0 Å². The van der Waals surface area contributed by atoms with Gasteiger partial charge in [0.05, 0.1) is 12.2 Å². The summed E-state index contributed by atoms with van der Waals surface area (Å²) in [5.41, 5.74) is 4.04. The van der Waals surface area contributed by atoms with Crippen LogP contribution in [0.4, 0.5) is 4.79 Å². The molecule has 0 aromatic rings. The highest BCUT2D eigenvalue weighted by Crippen LogP contribution is 2.51. The lowest BCUT2D eigenvalue weighted by molar-refractivity contribution is -0.156. The predicted octanol–water partition coefficient (Wildman–Crippen LogP) is 2.41. The van der Waals surface area contributed by atoms with Gasteiger partial charge in [0.15, 0.2) is 0 Å². The highest BCUT2D eigenvalue weighted by atomic mass is 31.2. The number of hydrogen-bond acceptors (Lipinski definition) is 7. The Bertz CT molecular complexity index is 445. The Morgan fingerprint density at radius 1 is 1.09 bits per heavy atom. The van der Waals surface area contributed by atoms with Gasteiger partial charge in [-0.25, -0.2) is 4.57 Å². The molecule has 136 valence electrons. The maximum Gasteiger partial charge on any atom is 0.418 e. The molecule has 0 aliphatic rings. The van der Waals surface area contributed by atoms with Crippen LogP contribution in [0.15, 0.2) is 0 Å². The van der Waals surface area contributed by atoms with E-state index in [0.29, 0.717) is 0 Å². The molecule has 0 heterocycles. The molecule has 1 amide bonds. The summed E-state index contributed by atoms with van der Waals surface area (Å²) in [4.78, 5) is 23.9. The molecule has 0 radical (unpaired) electrons. The topological polar surface area (TPSA) is 117 Å². The molecule has 1 atom stereocenters. The zero-order valence-corrected chi connectivity index (χ0v) is 15.8. The number of ether oxygens (including phenoxy) is 1. The fourth-order valence-corrected chi connectivity index (χ4v) is 3.07. The predicted molar refractivity (Wildman–Crippen MR) is 87.3 cm³/mol. The fourth-order valence-electron chi connectivity index (χ4n) is 1.43. The highest BCUT2D eigenvalue weighted by Gasteiger charge is 2.37. The van der Waals surface area contributed by atoms with E-state index >= 15 is 0 Å². The minimum absolute atomic E-state index is 0.235. The molecule has 0 spiro atoms. The van der Waals surface area contributed by atoms with Crippen LogP contribution in [0.25, 0.3) is 0 Å². The summed E-state index contributed by atoms with van der Waals surface area (Å²) in [5, 5.41) is 2.32. The molecule has 0 saturated heterocycles. The van der Waals surface area contributed by atoms with Crippen molar-refractivity contribution in [1.29, 1.82) is 0 Å². The van der Waals surface area contributed by atoms with E-state index in [1.807, 2.05) is 0 Å². The Hall–Kier alpha value is -0.950. The first-order chi connectivity index (χ1) is 10.3. The van der Waals surface area contributed by atoms with E-state index in [0.717, 1.165) is 0 Å². The van der Waals surface area contributed by atoms with E-state index in [9.17, 15) is 14.2 Å². The van der Waals surface area contributed by atoms with Crippen LogP contribution in [0.3, 0.4) is 0 Å². The molecule has 0 aromatic heterocycles. The van der Waals surface area contributed by atoms with Crippen LogP contribution in [0, 0.1) is 0 Å². The summed E-state index contributed by atoms with van der Waals surface area (Å²) in [6.07, 6.45) is -0.935. The molecule has 0 fully saturated rings. The SMILES string of the molecule is CC(C)OP(=O)(OC(C)C)C(=O)NCC(N)C(=O)OC(C)(C)C. The van der Waals surface area contributed by atoms with Gasteiger partial charge in [0.2, 0.25) is 0 Å². The standard InChI is InChI=1S/C14H29N2O6P/c1-9(2)21-23(19,22-10(3)4)13(18)16-8-11(15)12(17)20-14(5,6)7/h9-11H,8,15H2,1-7H3,(H,16,18). The second-order valence-electron chi connectivity index (χ2n) is 6.63. The van der Waals surface area contributed by atoms with Gasteiger partial charge in [-0.15, -0.1) is 0 Å². The van der Waals surface area contributed by atoms with Crippen molar-refractivity contribution in [3.8, 4) is 0 Å². The van der Waals surface area contributed by atoms with Crippen molar-refractivity contribution in [2.75, 3.05) is 6.54 Å². The summed E-state index contributed by atoms with van der Waals surface area (Å²) in [6, 6.07) is -1.08. The molecule has 3 N–H and O–H groups in total. The smallest absolute Gasteiger partial charge is 0.418 e. The van der Waals surface area contributed by atoms with Crippen molar-refractivity contribution in [3.05, 3.63) is 0 Å². The first-order valence-corrected chi connectivity index (χ1v) is 9.05. The number of carbonyl (C=O) groups excluding carboxylic acids is 2. The molecule has 0 aliphatic heterocycles. The minimum atomic E-state index is -4.01. The fraction of sp³-hybridized carbons (Fsp3) is 0.857. The lowest BCUT2D eigenvalue weighted by Crippen LogP contribution is -2.45. The molecular weight excluding hydrogens is 323 g/mol. The number of hydrogen-bond donors (Lipinski definition) is 2. The van der Waals surface area contributed by atoms with Crippen molar-refractivity contribution < 1.29 is 27.9 Å².